The normalized spacial score (nSPS) is 22.0. The topological polar surface area (TPSA) is 46.6 Å². The molecule has 0 unspecified atom stereocenters. The number of hydrogen-bond acceptors (Lipinski definition) is 3. The van der Waals surface area contributed by atoms with Crippen molar-refractivity contribution < 1.29 is 14.3 Å². The van der Waals surface area contributed by atoms with Gasteiger partial charge in [0, 0.05) is 18.3 Å². The highest BCUT2D eigenvalue weighted by Gasteiger charge is 2.55. The molecular formula is C14H17NO3. The van der Waals surface area contributed by atoms with Crippen molar-refractivity contribution in [3.63, 3.8) is 0 Å². The highest BCUT2D eigenvalue weighted by Crippen LogP contribution is 2.44. The van der Waals surface area contributed by atoms with Gasteiger partial charge in [0.05, 0.1) is 7.11 Å². The molecular weight excluding hydrogens is 230 g/mol. The van der Waals surface area contributed by atoms with E-state index in [-0.39, 0.29) is 5.91 Å². The zero-order valence-corrected chi connectivity index (χ0v) is 11.1. The molecule has 1 amide bonds. The van der Waals surface area contributed by atoms with E-state index in [1.165, 1.54) is 12.0 Å². The van der Waals surface area contributed by atoms with Gasteiger partial charge in [-0.1, -0.05) is 24.6 Å². The number of esters is 1. The van der Waals surface area contributed by atoms with Crippen LogP contribution in [0.1, 0.15) is 24.5 Å². The van der Waals surface area contributed by atoms with Crippen molar-refractivity contribution in [1.82, 2.24) is 0 Å². The zero-order chi connectivity index (χ0) is 13.5. The molecule has 1 aromatic rings. The van der Waals surface area contributed by atoms with Gasteiger partial charge in [-0.2, -0.15) is 0 Å². The van der Waals surface area contributed by atoms with E-state index in [2.05, 4.69) is 0 Å². The number of benzene rings is 1. The summed E-state index contributed by atoms with van der Waals surface area (Å²) in [5.41, 5.74) is 1.39. The summed E-state index contributed by atoms with van der Waals surface area (Å²) in [5.74, 6) is -0.691. The van der Waals surface area contributed by atoms with Crippen molar-refractivity contribution >= 4 is 17.6 Å². The third-order valence-electron chi connectivity index (χ3n) is 3.71. The van der Waals surface area contributed by atoms with E-state index in [0.29, 0.717) is 6.42 Å². The molecule has 4 heteroatoms. The van der Waals surface area contributed by atoms with Crippen molar-refractivity contribution in [2.75, 3.05) is 19.1 Å². The first-order valence-electron chi connectivity index (χ1n) is 5.96. The van der Waals surface area contributed by atoms with Gasteiger partial charge in [0.15, 0.2) is 5.41 Å². The Morgan fingerprint density at radius 3 is 2.67 bits per heavy atom. The van der Waals surface area contributed by atoms with Crippen molar-refractivity contribution in [3.05, 3.63) is 29.3 Å². The summed E-state index contributed by atoms with van der Waals surface area (Å²) >= 11 is 0. The Morgan fingerprint density at radius 2 is 2.11 bits per heavy atom. The third kappa shape index (κ3) is 1.38. The molecule has 2 rings (SSSR count). The quantitative estimate of drug-likeness (QED) is 0.591. The number of nitrogens with zero attached hydrogens (tertiary/aromatic N) is 1. The van der Waals surface area contributed by atoms with E-state index < -0.39 is 11.4 Å². The molecule has 1 aliphatic rings. The summed E-state index contributed by atoms with van der Waals surface area (Å²) in [4.78, 5) is 26.1. The lowest BCUT2D eigenvalue weighted by atomic mass is 9.78. The van der Waals surface area contributed by atoms with Gasteiger partial charge >= 0.3 is 5.97 Å². The first-order valence-corrected chi connectivity index (χ1v) is 5.96. The Bertz CT molecular complexity index is 524. The lowest BCUT2D eigenvalue weighted by Gasteiger charge is -2.23. The van der Waals surface area contributed by atoms with E-state index in [1.54, 1.807) is 7.05 Å². The van der Waals surface area contributed by atoms with E-state index in [9.17, 15) is 9.59 Å². The van der Waals surface area contributed by atoms with E-state index in [0.717, 1.165) is 16.8 Å². The van der Waals surface area contributed by atoms with Crippen LogP contribution in [0.3, 0.4) is 0 Å². The Kier molecular flexibility index (Phi) is 2.89. The molecule has 1 atom stereocenters. The van der Waals surface area contributed by atoms with Gasteiger partial charge in [0.2, 0.25) is 5.91 Å². The lowest BCUT2D eigenvalue weighted by molar-refractivity contribution is -0.151. The lowest BCUT2D eigenvalue weighted by Crippen LogP contribution is -2.45. The molecule has 0 saturated heterocycles. The molecule has 0 saturated carbocycles. The van der Waals surface area contributed by atoms with Crippen molar-refractivity contribution in [2.24, 2.45) is 0 Å². The predicted molar refractivity (Wildman–Crippen MR) is 68.6 cm³/mol. The number of aryl methyl sites for hydroxylation is 1. The van der Waals surface area contributed by atoms with Crippen LogP contribution >= 0.6 is 0 Å². The second kappa shape index (κ2) is 4.12. The Balaban J connectivity index is 2.73. The minimum absolute atomic E-state index is 0.211. The number of likely N-dealkylation sites (N-methyl/N-ethyl adjacent to an activating group) is 1. The van der Waals surface area contributed by atoms with E-state index in [1.807, 2.05) is 32.0 Å². The molecule has 0 aromatic heterocycles. The van der Waals surface area contributed by atoms with E-state index >= 15 is 0 Å². The number of carbonyl (C=O) groups is 2. The first-order chi connectivity index (χ1) is 8.48. The minimum atomic E-state index is -1.18. The molecule has 1 heterocycles. The third-order valence-corrected chi connectivity index (χ3v) is 3.71. The molecule has 0 bridgehead atoms. The Hall–Kier alpha value is -1.84. The van der Waals surface area contributed by atoms with Gasteiger partial charge in [-0.15, -0.1) is 0 Å². The van der Waals surface area contributed by atoms with E-state index in [4.69, 9.17) is 4.74 Å². The summed E-state index contributed by atoms with van der Waals surface area (Å²) < 4.78 is 4.86. The molecule has 0 fully saturated rings. The fourth-order valence-corrected chi connectivity index (χ4v) is 2.65. The molecule has 0 N–H and O–H groups in total. The van der Waals surface area contributed by atoms with Crippen LogP contribution < -0.4 is 4.90 Å². The van der Waals surface area contributed by atoms with Gasteiger partial charge in [0.1, 0.15) is 0 Å². The van der Waals surface area contributed by atoms with Crippen LogP contribution in [-0.2, 0) is 19.7 Å². The summed E-state index contributed by atoms with van der Waals surface area (Å²) in [6.07, 6.45) is 0.402. The predicted octanol–water partition coefficient (Wildman–Crippen LogP) is 1.79. The molecule has 0 radical (unpaired) electrons. The van der Waals surface area contributed by atoms with Crippen molar-refractivity contribution in [3.8, 4) is 0 Å². The number of ether oxygens (including phenoxy) is 1. The maximum Gasteiger partial charge on any atom is 0.326 e. The van der Waals surface area contributed by atoms with Crippen molar-refractivity contribution in [1.29, 1.82) is 0 Å². The Labute approximate surface area is 107 Å². The summed E-state index contributed by atoms with van der Waals surface area (Å²) in [7, 11) is 3.01. The van der Waals surface area contributed by atoms with Gasteiger partial charge in [0.25, 0.3) is 0 Å². The van der Waals surface area contributed by atoms with Crippen LogP contribution in [0.5, 0.6) is 0 Å². The smallest absolute Gasteiger partial charge is 0.326 e. The first kappa shape index (κ1) is 12.6. The van der Waals surface area contributed by atoms with Crippen molar-refractivity contribution in [2.45, 2.75) is 25.7 Å². The summed E-state index contributed by atoms with van der Waals surface area (Å²) in [5, 5.41) is 0. The standard InChI is InChI=1S/C14H17NO3/c1-5-14(13(17)18-4)10-8-9(2)6-7-11(10)15(3)12(14)16/h6-8H,5H2,1-4H3/t14-/m0/s1. The summed E-state index contributed by atoms with van der Waals surface area (Å²) in [6, 6.07) is 5.71. The number of hydrogen-bond donors (Lipinski definition) is 0. The SMILES string of the molecule is CC[C@@]1(C(=O)OC)C(=O)N(C)c2ccc(C)cc21. The largest absolute Gasteiger partial charge is 0.468 e. The second-order valence-corrected chi connectivity index (χ2v) is 4.64. The maximum absolute atomic E-state index is 12.5. The molecule has 18 heavy (non-hydrogen) atoms. The summed E-state index contributed by atoms with van der Waals surface area (Å²) in [6.45, 7) is 3.78. The molecule has 96 valence electrons. The van der Waals surface area contributed by atoms with Gasteiger partial charge in [-0.05, 0) is 19.4 Å². The molecule has 0 spiro atoms. The number of carbonyl (C=O) groups excluding carboxylic acids is 2. The van der Waals surface area contributed by atoms with Gasteiger partial charge in [-0.3, -0.25) is 9.59 Å². The molecule has 1 aromatic carbocycles. The van der Waals surface area contributed by atoms with Crippen LogP contribution in [-0.4, -0.2) is 26.0 Å². The number of methoxy groups -OCH3 is 1. The fraction of sp³-hybridized carbons (Fsp3) is 0.429. The van der Waals surface area contributed by atoms with Gasteiger partial charge < -0.3 is 9.64 Å². The average molecular weight is 247 g/mol. The minimum Gasteiger partial charge on any atom is -0.468 e. The highest BCUT2D eigenvalue weighted by atomic mass is 16.5. The number of fused-ring (bicyclic) bond motifs is 1. The average Bonchev–Trinajstić information content (AvgIpc) is 2.58. The van der Waals surface area contributed by atoms with Crippen LogP contribution in [0.25, 0.3) is 0 Å². The zero-order valence-electron chi connectivity index (χ0n) is 11.1. The monoisotopic (exact) mass is 247 g/mol. The fourth-order valence-electron chi connectivity index (χ4n) is 2.65. The number of amides is 1. The number of anilines is 1. The second-order valence-electron chi connectivity index (χ2n) is 4.64. The molecule has 1 aliphatic heterocycles. The van der Waals surface area contributed by atoms with Crippen LogP contribution in [0.15, 0.2) is 18.2 Å². The molecule has 0 aliphatic carbocycles. The van der Waals surface area contributed by atoms with Gasteiger partial charge in [-0.25, -0.2) is 0 Å². The highest BCUT2D eigenvalue weighted by molar-refractivity contribution is 6.20. The van der Waals surface area contributed by atoms with Crippen LogP contribution in [0.4, 0.5) is 5.69 Å². The Morgan fingerprint density at radius 1 is 1.44 bits per heavy atom. The molecule has 4 nitrogen and oxygen atoms in total. The number of rotatable bonds is 2. The van der Waals surface area contributed by atoms with Crippen LogP contribution in [0.2, 0.25) is 0 Å². The maximum atomic E-state index is 12.5. The van der Waals surface area contributed by atoms with Crippen LogP contribution in [0, 0.1) is 6.92 Å².